The highest BCUT2D eigenvalue weighted by Crippen LogP contribution is 2.34. The predicted molar refractivity (Wildman–Crippen MR) is 112 cm³/mol. The van der Waals surface area contributed by atoms with E-state index in [1.54, 1.807) is 28.2 Å². The zero-order chi connectivity index (χ0) is 19.7. The molecule has 3 heterocycles. The normalized spacial score (nSPS) is 14.5. The zero-order valence-electron chi connectivity index (χ0n) is 15.2. The second kappa shape index (κ2) is 8.02. The van der Waals surface area contributed by atoms with E-state index in [2.05, 4.69) is 0 Å². The van der Waals surface area contributed by atoms with Crippen molar-refractivity contribution in [1.82, 2.24) is 9.55 Å². The van der Waals surface area contributed by atoms with Gasteiger partial charge in [0.2, 0.25) is 10.0 Å². The first-order valence-corrected chi connectivity index (χ1v) is 12.6. The summed E-state index contributed by atoms with van der Waals surface area (Å²) in [7, 11) is -3.49. The quantitative estimate of drug-likeness (QED) is 0.344. The molecule has 4 rings (SSSR count). The van der Waals surface area contributed by atoms with E-state index in [0.717, 1.165) is 41.5 Å². The minimum absolute atomic E-state index is 0.0465. The van der Waals surface area contributed by atoms with Gasteiger partial charge in [-0.25, -0.2) is 18.5 Å². The predicted octanol–water partition coefficient (Wildman–Crippen LogP) is 2.75. The number of nitrogens with zero attached hydrogens (tertiary/aromatic N) is 2. The lowest BCUT2D eigenvalue weighted by atomic mass is 9.97. The summed E-state index contributed by atoms with van der Waals surface area (Å²) in [6, 6.07) is 3.62. The molecular weight excluding hydrogens is 418 g/mol. The summed E-state index contributed by atoms with van der Waals surface area (Å²) < 4.78 is 29.4. The van der Waals surface area contributed by atoms with Crippen molar-refractivity contribution in [1.29, 1.82) is 0 Å². The Kier molecular flexibility index (Phi) is 5.64. The van der Waals surface area contributed by atoms with Gasteiger partial charge in [-0.3, -0.25) is 9.36 Å². The molecule has 0 atom stereocenters. The largest absolute Gasteiger partial charge is 0.467 e. The lowest BCUT2D eigenvalue weighted by Gasteiger charge is -2.12. The van der Waals surface area contributed by atoms with Crippen LogP contribution >= 0.6 is 23.1 Å². The molecule has 10 heteroatoms. The van der Waals surface area contributed by atoms with Crippen molar-refractivity contribution in [3.05, 3.63) is 45.0 Å². The maximum absolute atomic E-state index is 13.4. The lowest BCUT2D eigenvalue weighted by Crippen LogP contribution is -2.24. The minimum atomic E-state index is -3.49. The van der Waals surface area contributed by atoms with Crippen molar-refractivity contribution < 1.29 is 12.8 Å². The number of thiophene rings is 1. The van der Waals surface area contributed by atoms with Gasteiger partial charge in [-0.2, -0.15) is 0 Å². The molecular formula is C18H21N3O4S3. The van der Waals surface area contributed by atoms with Crippen LogP contribution < -0.4 is 10.7 Å². The molecule has 3 aromatic heterocycles. The Bertz CT molecular complexity index is 1150. The van der Waals surface area contributed by atoms with Gasteiger partial charge in [0.15, 0.2) is 5.16 Å². The Morgan fingerprint density at radius 3 is 2.89 bits per heavy atom. The molecule has 0 spiro atoms. The molecule has 0 bridgehead atoms. The number of furan rings is 1. The van der Waals surface area contributed by atoms with E-state index in [0.29, 0.717) is 29.6 Å². The van der Waals surface area contributed by atoms with Crippen molar-refractivity contribution in [2.45, 2.75) is 43.8 Å². The SMILES string of the molecule is NS(=O)(=O)CCCSc1nc2sc3c(c2c(=O)n1Cc1ccco1)CCCC3. The van der Waals surface area contributed by atoms with Crippen LogP contribution in [0.4, 0.5) is 0 Å². The van der Waals surface area contributed by atoms with Crippen LogP contribution in [0.2, 0.25) is 0 Å². The highest BCUT2D eigenvalue weighted by atomic mass is 32.2. The first-order valence-electron chi connectivity index (χ1n) is 9.13. The standard InChI is InChI=1S/C18H21N3O4S3/c19-28(23,24)10-4-9-26-18-20-16-15(13-6-1-2-7-14(13)27-16)17(22)21(18)11-12-5-3-8-25-12/h3,5,8H,1-2,4,6-7,9-11H2,(H2,19,23,24). The van der Waals surface area contributed by atoms with Crippen LogP contribution in [0.3, 0.4) is 0 Å². The van der Waals surface area contributed by atoms with Crippen LogP contribution in [0.1, 0.15) is 35.5 Å². The van der Waals surface area contributed by atoms with Crippen LogP contribution in [0.25, 0.3) is 10.2 Å². The van der Waals surface area contributed by atoms with E-state index in [1.807, 2.05) is 6.07 Å². The molecule has 0 amide bonds. The minimum Gasteiger partial charge on any atom is -0.467 e. The van der Waals surface area contributed by atoms with Crippen molar-refractivity contribution in [2.75, 3.05) is 11.5 Å². The molecule has 7 nitrogen and oxygen atoms in total. The molecule has 0 radical (unpaired) electrons. The highest BCUT2D eigenvalue weighted by molar-refractivity contribution is 7.99. The van der Waals surface area contributed by atoms with Gasteiger partial charge < -0.3 is 4.42 Å². The topological polar surface area (TPSA) is 108 Å². The van der Waals surface area contributed by atoms with E-state index in [4.69, 9.17) is 14.5 Å². The Morgan fingerprint density at radius 2 is 2.14 bits per heavy atom. The summed E-state index contributed by atoms with van der Waals surface area (Å²) in [5.41, 5.74) is 1.11. The molecule has 150 valence electrons. The second-order valence-electron chi connectivity index (χ2n) is 6.83. The van der Waals surface area contributed by atoms with Gasteiger partial charge >= 0.3 is 0 Å². The van der Waals surface area contributed by atoms with E-state index >= 15 is 0 Å². The molecule has 28 heavy (non-hydrogen) atoms. The second-order valence-corrected chi connectivity index (χ2v) is 10.7. The van der Waals surface area contributed by atoms with Crippen LogP contribution in [-0.2, 0) is 29.4 Å². The van der Waals surface area contributed by atoms with Crippen LogP contribution in [0, 0.1) is 0 Å². The number of nitrogens with two attached hydrogens (primary N) is 1. The van der Waals surface area contributed by atoms with Gasteiger partial charge in [0.25, 0.3) is 5.56 Å². The zero-order valence-corrected chi connectivity index (χ0v) is 17.7. The molecule has 2 N–H and O–H groups in total. The third-order valence-corrected chi connectivity index (χ3v) is 7.84. The number of aryl methyl sites for hydroxylation is 2. The third-order valence-electron chi connectivity index (χ3n) is 4.74. The number of hydrogen-bond acceptors (Lipinski definition) is 7. The summed E-state index contributed by atoms with van der Waals surface area (Å²) >= 11 is 2.99. The average molecular weight is 440 g/mol. The smallest absolute Gasteiger partial charge is 0.263 e. The van der Waals surface area contributed by atoms with E-state index < -0.39 is 10.0 Å². The maximum atomic E-state index is 13.4. The number of primary sulfonamides is 1. The molecule has 0 unspecified atom stereocenters. The molecule has 0 saturated heterocycles. The fourth-order valence-corrected chi connectivity index (χ4v) is 6.42. The summed E-state index contributed by atoms with van der Waals surface area (Å²) in [5, 5.41) is 6.39. The van der Waals surface area contributed by atoms with Gasteiger partial charge in [-0.1, -0.05) is 11.8 Å². The molecule has 3 aromatic rings. The van der Waals surface area contributed by atoms with Gasteiger partial charge in [0, 0.05) is 10.6 Å². The molecule has 0 fully saturated rings. The van der Waals surface area contributed by atoms with Gasteiger partial charge in [0.05, 0.1) is 23.9 Å². The molecule has 1 aliphatic carbocycles. The molecule has 0 aromatic carbocycles. The Hall–Kier alpha value is -1.62. The van der Waals surface area contributed by atoms with Gasteiger partial charge in [-0.05, 0) is 49.8 Å². The Morgan fingerprint density at radius 1 is 1.32 bits per heavy atom. The number of rotatable bonds is 7. The third kappa shape index (κ3) is 4.19. The van der Waals surface area contributed by atoms with Crippen LogP contribution in [-0.4, -0.2) is 29.5 Å². The Balaban J connectivity index is 1.72. The molecule has 1 aliphatic rings. The van der Waals surface area contributed by atoms with Crippen molar-refractivity contribution in [3.8, 4) is 0 Å². The fourth-order valence-electron chi connectivity index (χ4n) is 3.45. The average Bonchev–Trinajstić information content (AvgIpc) is 3.28. The first-order chi connectivity index (χ1) is 13.4. The summed E-state index contributed by atoms with van der Waals surface area (Å²) in [6.07, 6.45) is 6.16. The number of sulfonamides is 1. The summed E-state index contributed by atoms with van der Waals surface area (Å²) in [4.78, 5) is 20.2. The fraction of sp³-hybridized carbons (Fsp3) is 0.444. The van der Waals surface area contributed by atoms with Crippen LogP contribution in [0.15, 0.2) is 32.8 Å². The van der Waals surface area contributed by atoms with E-state index in [-0.39, 0.29) is 11.3 Å². The number of fused-ring (bicyclic) bond motifs is 3. The maximum Gasteiger partial charge on any atom is 0.263 e. The number of aromatic nitrogens is 2. The lowest BCUT2D eigenvalue weighted by molar-refractivity contribution is 0.476. The van der Waals surface area contributed by atoms with Crippen molar-refractivity contribution >= 4 is 43.3 Å². The van der Waals surface area contributed by atoms with Gasteiger partial charge in [-0.15, -0.1) is 11.3 Å². The van der Waals surface area contributed by atoms with Crippen molar-refractivity contribution in [3.63, 3.8) is 0 Å². The van der Waals surface area contributed by atoms with Crippen LogP contribution in [0.5, 0.6) is 0 Å². The number of hydrogen-bond donors (Lipinski definition) is 1. The number of thioether (sulfide) groups is 1. The molecule has 0 saturated carbocycles. The monoisotopic (exact) mass is 439 g/mol. The van der Waals surface area contributed by atoms with E-state index in [9.17, 15) is 13.2 Å². The van der Waals surface area contributed by atoms with Crippen molar-refractivity contribution in [2.24, 2.45) is 5.14 Å². The van der Waals surface area contributed by atoms with Gasteiger partial charge in [0.1, 0.15) is 10.6 Å². The highest BCUT2D eigenvalue weighted by Gasteiger charge is 2.22. The molecule has 0 aliphatic heterocycles. The first kappa shape index (κ1) is 19.7. The summed E-state index contributed by atoms with van der Waals surface area (Å²) in [6.45, 7) is 0.302. The Labute approximate surface area is 171 Å². The summed E-state index contributed by atoms with van der Waals surface area (Å²) in [5.74, 6) is 1.11. The van der Waals surface area contributed by atoms with E-state index in [1.165, 1.54) is 16.6 Å².